The molecule has 0 aromatic heterocycles. The first-order valence-corrected chi connectivity index (χ1v) is 5.63. The molecule has 1 aromatic carbocycles. The highest BCUT2D eigenvalue weighted by Crippen LogP contribution is 2.08. The monoisotopic (exact) mass is 219 g/mol. The number of benzene rings is 1. The Morgan fingerprint density at radius 2 is 2.25 bits per heavy atom. The highest BCUT2D eigenvalue weighted by Gasteiger charge is 2.07. The van der Waals surface area contributed by atoms with Gasteiger partial charge in [-0.25, -0.2) is 4.39 Å². The molecule has 0 aliphatic carbocycles. The third kappa shape index (κ3) is 4.46. The van der Waals surface area contributed by atoms with Crippen molar-refractivity contribution >= 4 is 0 Å². The van der Waals surface area contributed by atoms with Crippen molar-refractivity contribution in [1.29, 1.82) is 0 Å². The van der Waals surface area contributed by atoms with E-state index in [-0.39, 0.29) is 5.82 Å². The maximum absolute atomic E-state index is 13.0. The number of hydrogen-bond acceptors (Lipinski definition) is 1. The summed E-state index contributed by atoms with van der Waals surface area (Å²) in [4.78, 5) is 0. The fourth-order valence-corrected chi connectivity index (χ4v) is 1.68. The highest BCUT2D eigenvalue weighted by atomic mass is 19.1. The van der Waals surface area contributed by atoms with Gasteiger partial charge in [-0.2, -0.15) is 0 Å². The number of likely N-dealkylation sites (N-methyl/N-ethyl adjacent to an activating group) is 1. The van der Waals surface area contributed by atoms with Gasteiger partial charge in [0.1, 0.15) is 5.82 Å². The molecule has 1 N–H and O–H groups in total. The molecule has 0 bridgehead atoms. The van der Waals surface area contributed by atoms with Crippen LogP contribution in [-0.4, -0.2) is 12.6 Å². The highest BCUT2D eigenvalue weighted by molar-refractivity contribution is 5.18. The van der Waals surface area contributed by atoms with Gasteiger partial charge in [0.05, 0.1) is 0 Å². The van der Waals surface area contributed by atoms with E-state index in [0.717, 1.165) is 24.9 Å². The van der Waals surface area contributed by atoms with Crippen molar-refractivity contribution in [2.75, 3.05) is 6.54 Å². The van der Waals surface area contributed by atoms with E-state index >= 15 is 0 Å². The van der Waals surface area contributed by atoms with Crippen molar-refractivity contribution in [3.8, 4) is 11.8 Å². The largest absolute Gasteiger partial charge is 0.313 e. The molecule has 16 heavy (non-hydrogen) atoms. The molecular formula is C14H18FN. The maximum atomic E-state index is 13.0. The molecular weight excluding hydrogens is 201 g/mol. The summed E-state index contributed by atoms with van der Waals surface area (Å²) < 4.78 is 13.0. The summed E-state index contributed by atoms with van der Waals surface area (Å²) in [6.07, 6.45) is 1.63. The second kappa shape index (κ2) is 7.03. The van der Waals surface area contributed by atoms with Crippen LogP contribution in [0.1, 0.15) is 25.8 Å². The van der Waals surface area contributed by atoms with Crippen LogP contribution in [0.2, 0.25) is 0 Å². The summed E-state index contributed by atoms with van der Waals surface area (Å²) in [7, 11) is 0. The van der Waals surface area contributed by atoms with Crippen molar-refractivity contribution in [2.24, 2.45) is 0 Å². The molecule has 0 saturated heterocycles. The number of rotatable bonds is 5. The molecule has 0 aliphatic rings. The summed E-state index contributed by atoms with van der Waals surface area (Å²) in [5, 5.41) is 3.36. The van der Waals surface area contributed by atoms with Crippen LogP contribution >= 0.6 is 0 Å². The molecule has 0 saturated carbocycles. The molecule has 86 valence electrons. The van der Waals surface area contributed by atoms with Gasteiger partial charge in [-0.15, -0.1) is 11.8 Å². The molecule has 0 aliphatic heterocycles. The van der Waals surface area contributed by atoms with E-state index in [2.05, 4.69) is 24.1 Å². The number of hydrogen-bond donors (Lipinski definition) is 1. The van der Waals surface area contributed by atoms with Crippen LogP contribution in [0.15, 0.2) is 24.3 Å². The van der Waals surface area contributed by atoms with Crippen LogP contribution in [-0.2, 0) is 6.42 Å². The summed E-state index contributed by atoms with van der Waals surface area (Å²) in [5.74, 6) is 5.78. The zero-order valence-electron chi connectivity index (χ0n) is 9.89. The Morgan fingerprint density at radius 1 is 1.44 bits per heavy atom. The first kappa shape index (κ1) is 12.7. The van der Waals surface area contributed by atoms with E-state index in [9.17, 15) is 4.39 Å². The van der Waals surface area contributed by atoms with Gasteiger partial charge in [0.25, 0.3) is 0 Å². The number of halogens is 1. The fourth-order valence-electron chi connectivity index (χ4n) is 1.68. The second-order valence-corrected chi connectivity index (χ2v) is 3.72. The molecule has 1 rings (SSSR count). The van der Waals surface area contributed by atoms with Gasteiger partial charge >= 0.3 is 0 Å². The predicted octanol–water partition coefficient (Wildman–Crippen LogP) is 2.76. The van der Waals surface area contributed by atoms with Crippen LogP contribution in [0.5, 0.6) is 0 Å². The Hall–Kier alpha value is -1.33. The lowest BCUT2D eigenvalue weighted by atomic mass is 10.0. The van der Waals surface area contributed by atoms with Crippen LogP contribution < -0.4 is 5.32 Å². The molecule has 0 heterocycles. The van der Waals surface area contributed by atoms with Crippen molar-refractivity contribution in [2.45, 2.75) is 32.7 Å². The number of nitrogens with one attached hydrogen (secondary N) is 1. The lowest BCUT2D eigenvalue weighted by molar-refractivity contribution is 0.533. The fraction of sp³-hybridized carbons (Fsp3) is 0.429. The van der Waals surface area contributed by atoms with Crippen molar-refractivity contribution in [1.82, 2.24) is 5.32 Å². The van der Waals surface area contributed by atoms with Gasteiger partial charge in [-0.3, -0.25) is 0 Å². The van der Waals surface area contributed by atoms with E-state index in [0.29, 0.717) is 6.04 Å². The van der Waals surface area contributed by atoms with E-state index in [4.69, 9.17) is 0 Å². The Morgan fingerprint density at radius 3 is 2.88 bits per heavy atom. The second-order valence-electron chi connectivity index (χ2n) is 3.72. The van der Waals surface area contributed by atoms with Gasteiger partial charge in [0, 0.05) is 12.5 Å². The van der Waals surface area contributed by atoms with Crippen molar-refractivity contribution in [3.05, 3.63) is 35.6 Å². The zero-order chi connectivity index (χ0) is 11.8. The Bertz CT molecular complexity index is 376. The normalized spacial score (nSPS) is 11.7. The molecule has 0 spiro atoms. The van der Waals surface area contributed by atoms with Crippen LogP contribution in [0.25, 0.3) is 0 Å². The minimum Gasteiger partial charge on any atom is -0.313 e. The third-order valence-corrected chi connectivity index (χ3v) is 2.39. The summed E-state index contributed by atoms with van der Waals surface area (Å²) in [6, 6.07) is 7.06. The average molecular weight is 219 g/mol. The molecule has 2 heteroatoms. The Kier molecular flexibility index (Phi) is 5.60. The van der Waals surface area contributed by atoms with E-state index in [1.54, 1.807) is 12.1 Å². The van der Waals surface area contributed by atoms with E-state index in [1.807, 2.05) is 13.0 Å². The van der Waals surface area contributed by atoms with Gasteiger partial charge in [-0.1, -0.05) is 19.1 Å². The lowest BCUT2D eigenvalue weighted by Crippen LogP contribution is -2.30. The predicted molar refractivity (Wildman–Crippen MR) is 65.6 cm³/mol. The minimum absolute atomic E-state index is 0.172. The molecule has 1 nitrogen and oxygen atoms in total. The van der Waals surface area contributed by atoms with Gasteiger partial charge in [0.2, 0.25) is 0 Å². The summed E-state index contributed by atoms with van der Waals surface area (Å²) in [6.45, 7) is 4.81. The van der Waals surface area contributed by atoms with Gasteiger partial charge in [0.15, 0.2) is 0 Å². The standard InChI is InChI=1S/C14H18FN/c1-3-5-9-14(16-4-2)11-12-7-6-8-13(15)10-12/h6-8,10,14,16H,4,9,11H2,1-2H3. The van der Waals surface area contributed by atoms with Crippen LogP contribution in [0.4, 0.5) is 4.39 Å². The molecule has 0 radical (unpaired) electrons. The lowest BCUT2D eigenvalue weighted by Gasteiger charge is -2.15. The van der Waals surface area contributed by atoms with E-state index in [1.165, 1.54) is 6.07 Å². The first-order chi connectivity index (χ1) is 7.76. The van der Waals surface area contributed by atoms with Crippen LogP contribution in [0, 0.1) is 17.7 Å². The quantitative estimate of drug-likeness (QED) is 0.751. The average Bonchev–Trinajstić information content (AvgIpc) is 2.26. The third-order valence-electron chi connectivity index (χ3n) is 2.39. The smallest absolute Gasteiger partial charge is 0.123 e. The van der Waals surface area contributed by atoms with Crippen LogP contribution in [0.3, 0.4) is 0 Å². The van der Waals surface area contributed by atoms with Crippen molar-refractivity contribution in [3.63, 3.8) is 0 Å². The summed E-state index contributed by atoms with van der Waals surface area (Å²) in [5.41, 5.74) is 1.02. The molecule has 1 atom stereocenters. The summed E-state index contributed by atoms with van der Waals surface area (Å²) >= 11 is 0. The molecule has 1 aromatic rings. The molecule has 0 fully saturated rings. The van der Waals surface area contributed by atoms with E-state index < -0.39 is 0 Å². The molecule has 1 unspecified atom stereocenters. The minimum atomic E-state index is -0.172. The zero-order valence-corrected chi connectivity index (χ0v) is 9.89. The van der Waals surface area contributed by atoms with Gasteiger partial charge < -0.3 is 5.32 Å². The van der Waals surface area contributed by atoms with Gasteiger partial charge in [-0.05, 0) is 37.6 Å². The van der Waals surface area contributed by atoms with Crippen molar-refractivity contribution < 1.29 is 4.39 Å². The SMILES string of the molecule is CC#CCC(Cc1cccc(F)c1)NCC. The Labute approximate surface area is 97.1 Å². The topological polar surface area (TPSA) is 12.0 Å². The first-order valence-electron chi connectivity index (χ1n) is 5.63. The Balaban J connectivity index is 2.62. The molecule has 0 amide bonds. The maximum Gasteiger partial charge on any atom is 0.123 e.